The smallest absolute Gasteiger partial charge is 0.237 e. The van der Waals surface area contributed by atoms with Crippen molar-refractivity contribution in [3.63, 3.8) is 0 Å². The monoisotopic (exact) mass is 271 g/mol. The number of unbranched alkanes of at least 4 members (excludes halogenated alkanes) is 1. The van der Waals surface area contributed by atoms with E-state index < -0.39 is 12.1 Å². The van der Waals surface area contributed by atoms with Crippen LogP contribution in [-0.2, 0) is 9.59 Å². The van der Waals surface area contributed by atoms with E-state index in [1.807, 2.05) is 6.92 Å². The SMILES string of the molecule is CCCC[C@H](C=O)NC(=O)[C@H](N)CCCN=C(N)N. The highest BCUT2D eigenvalue weighted by Gasteiger charge is 2.16. The summed E-state index contributed by atoms with van der Waals surface area (Å²) in [5.41, 5.74) is 16.1. The van der Waals surface area contributed by atoms with Crippen molar-refractivity contribution >= 4 is 18.2 Å². The van der Waals surface area contributed by atoms with Gasteiger partial charge in [0.2, 0.25) is 5.91 Å². The summed E-state index contributed by atoms with van der Waals surface area (Å²) in [6.45, 7) is 2.47. The largest absolute Gasteiger partial charge is 0.370 e. The molecule has 0 aliphatic carbocycles. The first-order chi connectivity index (χ1) is 9.01. The van der Waals surface area contributed by atoms with Gasteiger partial charge < -0.3 is 27.3 Å². The molecule has 0 aliphatic heterocycles. The molecule has 7 N–H and O–H groups in total. The molecule has 0 rings (SSSR count). The molecule has 0 aromatic heterocycles. The minimum Gasteiger partial charge on any atom is -0.370 e. The molecule has 0 aromatic rings. The van der Waals surface area contributed by atoms with Gasteiger partial charge in [0.05, 0.1) is 12.1 Å². The Kier molecular flexibility index (Phi) is 9.42. The fourth-order valence-electron chi connectivity index (χ4n) is 1.54. The summed E-state index contributed by atoms with van der Waals surface area (Å²) in [6, 6.07) is -1.09. The van der Waals surface area contributed by atoms with E-state index >= 15 is 0 Å². The Morgan fingerprint density at radius 2 is 2.00 bits per heavy atom. The molecule has 0 fully saturated rings. The van der Waals surface area contributed by atoms with Gasteiger partial charge in [0.25, 0.3) is 0 Å². The molecule has 19 heavy (non-hydrogen) atoms. The highest BCUT2D eigenvalue weighted by molar-refractivity contribution is 5.84. The number of carbonyl (C=O) groups is 2. The molecule has 0 radical (unpaired) electrons. The minimum absolute atomic E-state index is 0.0265. The van der Waals surface area contributed by atoms with Crippen LogP contribution in [0.3, 0.4) is 0 Å². The van der Waals surface area contributed by atoms with E-state index in [1.165, 1.54) is 0 Å². The maximum absolute atomic E-state index is 11.7. The summed E-state index contributed by atoms with van der Waals surface area (Å²) in [5, 5.41) is 2.63. The van der Waals surface area contributed by atoms with Crippen LogP contribution in [0, 0.1) is 0 Å². The number of guanidine groups is 1. The second kappa shape index (κ2) is 10.3. The summed E-state index contributed by atoms with van der Waals surface area (Å²) in [5.74, 6) is -0.281. The maximum Gasteiger partial charge on any atom is 0.237 e. The quantitative estimate of drug-likeness (QED) is 0.179. The van der Waals surface area contributed by atoms with Crippen LogP contribution in [0.15, 0.2) is 4.99 Å². The number of nitrogens with two attached hydrogens (primary N) is 3. The molecular formula is C12H25N5O2. The van der Waals surface area contributed by atoms with E-state index in [4.69, 9.17) is 17.2 Å². The van der Waals surface area contributed by atoms with Crippen LogP contribution in [0.1, 0.15) is 39.0 Å². The molecule has 0 bridgehead atoms. The number of nitrogens with zero attached hydrogens (tertiary/aromatic N) is 1. The third kappa shape index (κ3) is 9.01. The Morgan fingerprint density at radius 3 is 2.53 bits per heavy atom. The number of rotatable bonds is 10. The summed E-state index contributed by atoms with van der Waals surface area (Å²) >= 11 is 0. The van der Waals surface area contributed by atoms with Gasteiger partial charge in [0.15, 0.2) is 5.96 Å². The van der Waals surface area contributed by atoms with Crippen molar-refractivity contribution in [1.29, 1.82) is 0 Å². The van der Waals surface area contributed by atoms with Crippen molar-refractivity contribution in [3.05, 3.63) is 0 Å². The lowest BCUT2D eigenvalue weighted by Crippen LogP contribution is -2.46. The van der Waals surface area contributed by atoms with Crippen molar-refractivity contribution in [3.8, 4) is 0 Å². The second-order valence-electron chi connectivity index (χ2n) is 4.45. The van der Waals surface area contributed by atoms with Crippen LogP contribution in [0.2, 0.25) is 0 Å². The normalized spacial score (nSPS) is 13.4. The number of aldehydes is 1. The number of aliphatic imine (C=N–C) groups is 1. The van der Waals surface area contributed by atoms with E-state index in [-0.39, 0.29) is 11.9 Å². The molecule has 0 spiro atoms. The Hall–Kier alpha value is -1.63. The molecule has 7 heteroatoms. The number of amides is 1. The van der Waals surface area contributed by atoms with Crippen molar-refractivity contribution < 1.29 is 9.59 Å². The molecule has 0 saturated heterocycles. The lowest BCUT2D eigenvalue weighted by molar-refractivity contribution is -0.125. The topological polar surface area (TPSA) is 137 Å². The van der Waals surface area contributed by atoms with Crippen LogP contribution in [0.25, 0.3) is 0 Å². The molecule has 2 atom stereocenters. The minimum atomic E-state index is -0.640. The third-order valence-electron chi connectivity index (χ3n) is 2.66. The summed E-state index contributed by atoms with van der Waals surface area (Å²) in [4.78, 5) is 26.3. The first kappa shape index (κ1) is 17.4. The molecule has 110 valence electrons. The molecule has 0 aromatic carbocycles. The first-order valence-corrected chi connectivity index (χ1v) is 6.57. The molecular weight excluding hydrogens is 246 g/mol. The molecule has 1 amide bonds. The van der Waals surface area contributed by atoms with Crippen LogP contribution in [0.4, 0.5) is 0 Å². The summed E-state index contributed by atoms with van der Waals surface area (Å²) in [6.07, 6.45) is 4.36. The summed E-state index contributed by atoms with van der Waals surface area (Å²) in [7, 11) is 0. The van der Waals surface area contributed by atoms with Crippen molar-refractivity contribution in [2.45, 2.75) is 51.1 Å². The highest BCUT2D eigenvalue weighted by Crippen LogP contribution is 2.00. The van der Waals surface area contributed by atoms with E-state index in [2.05, 4.69) is 10.3 Å². The molecule has 0 unspecified atom stereocenters. The van der Waals surface area contributed by atoms with E-state index in [0.29, 0.717) is 25.8 Å². The van der Waals surface area contributed by atoms with Gasteiger partial charge in [-0.1, -0.05) is 19.8 Å². The lowest BCUT2D eigenvalue weighted by atomic mass is 10.1. The van der Waals surface area contributed by atoms with Crippen molar-refractivity contribution in [2.24, 2.45) is 22.2 Å². The van der Waals surface area contributed by atoms with Gasteiger partial charge in [-0.15, -0.1) is 0 Å². The predicted octanol–water partition coefficient (Wildman–Crippen LogP) is -0.759. The van der Waals surface area contributed by atoms with Crippen molar-refractivity contribution in [2.75, 3.05) is 6.54 Å². The van der Waals surface area contributed by atoms with Gasteiger partial charge in [-0.05, 0) is 19.3 Å². The maximum atomic E-state index is 11.7. The average molecular weight is 271 g/mol. The molecule has 0 aliphatic rings. The highest BCUT2D eigenvalue weighted by atomic mass is 16.2. The first-order valence-electron chi connectivity index (χ1n) is 6.57. The number of carbonyl (C=O) groups excluding carboxylic acids is 2. The number of hydrogen-bond donors (Lipinski definition) is 4. The zero-order valence-electron chi connectivity index (χ0n) is 11.5. The predicted molar refractivity (Wildman–Crippen MR) is 75.4 cm³/mol. The second-order valence-corrected chi connectivity index (χ2v) is 4.45. The standard InChI is InChI=1S/C12H25N5O2/c1-2-3-5-9(8-18)17-11(19)10(13)6-4-7-16-12(14)15/h8-10H,2-7,13H2,1H3,(H,17,19)(H4,14,15,16)/t9-,10-/m1/s1. The van der Waals surface area contributed by atoms with Crippen molar-refractivity contribution in [1.82, 2.24) is 5.32 Å². The van der Waals surface area contributed by atoms with E-state index in [1.54, 1.807) is 0 Å². The van der Waals surface area contributed by atoms with Gasteiger partial charge in [0, 0.05) is 6.54 Å². The zero-order chi connectivity index (χ0) is 14.7. The van der Waals surface area contributed by atoms with Crippen LogP contribution >= 0.6 is 0 Å². The Balaban J connectivity index is 3.97. The number of nitrogens with one attached hydrogen (secondary N) is 1. The van der Waals surface area contributed by atoms with Crippen LogP contribution in [0.5, 0.6) is 0 Å². The third-order valence-corrected chi connectivity index (χ3v) is 2.66. The Bertz CT molecular complexity index is 302. The van der Waals surface area contributed by atoms with Crippen LogP contribution in [-0.4, -0.2) is 36.8 Å². The Labute approximate surface area is 114 Å². The van der Waals surface area contributed by atoms with Gasteiger partial charge in [-0.2, -0.15) is 0 Å². The van der Waals surface area contributed by atoms with E-state index in [0.717, 1.165) is 19.1 Å². The molecule has 7 nitrogen and oxygen atoms in total. The van der Waals surface area contributed by atoms with Gasteiger partial charge >= 0.3 is 0 Å². The average Bonchev–Trinajstić information content (AvgIpc) is 2.38. The van der Waals surface area contributed by atoms with Crippen LogP contribution < -0.4 is 22.5 Å². The van der Waals surface area contributed by atoms with Gasteiger partial charge in [-0.3, -0.25) is 9.79 Å². The lowest BCUT2D eigenvalue weighted by Gasteiger charge is -2.16. The molecule has 0 heterocycles. The zero-order valence-corrected chi connectivity index (χ0v) is 11.5. The van der Waals surface area contributed by atoms with Gasteiger partial charge in [0.1, 0.15) is 6.29 Å². The molecule has 0 saturated carbocycles. The van der Waals surface area contributed by atoms with E-state index in [9.17, 15) is 9.59 Å². The Morgan fingerprint density at radius 1 is 1.32 bits per heavy atom. The number of hydrogen-bond acceptors (Lipinski definition) is 4. The fourth-order valence-corrected chi connectivity index (χ4v) is 1.54. The van der Waals surface area contributed by atoms with Gasteiger partial charge in [-0.25, -0.2) is 0 Å². The fraction of sp³-hybridized carbons (Fsp3) is 0.750. The summed E-state index contributed by atoms with van der Waals surface area (Å²) < 4.78 is 0.